The number of rotatable bonds is 1. The van der Waals surface area contributed by atoms with Crippen molar-refractivity contribution in [3.05, 3.63) is 10.6 Å². The number of anilines is 1. The summed E-state index contributed by atoms with van der Waals surface area (Å²) in [4.78, 5) is 19.4. The van der Waals surface area contributed by atoms with Gasteiger partial charge in [0.15, 0.2) is 5.13 Å². The minimum atomic E-state index is 0.139. The predicted molar refractivity (Wildman–Crippen MR) is 71.9 cm³/mol. The van der Waals surface area contributed by atoms with Crippen molar-refractivity contribution in [1.29, 1.82) is 0 Å². The van der Waals surface area contributed by atoms with Gasteiger partial charge in [-0.3, -0.25) is 9.69 Å². The van der Waals surface area contributed by atoms with Gasteiger partial charge in [0.1, 0.15) is 0 Å². The normalized spacial score (nSPS) is 28.6. The van der Waals surface area contributed by atoms with Crippen LogP contribution in [0.5, 0.6) is 0 Å². The van der Waals surface area contributed by atoms with Crippen LogP contribution in [0.2, 0.25) is 0 Å². The van der Waals surface area contributed by atoms with Crippen molar-refractivity contribution in [3.8, 4) is 0 Å². The molecule has 1 unspecified atom stereocenters. The molecule has 4 nitrogen and oxygen atoms in total. The van der Waals surface area contributed by atoms with E-state index in [0.717, 1.165) is 30.1 Å². The molecule has 0 spiro atoms. The summed E-state index contributed by atoms with van der Waals surface area (Å²) in [5, 5.41) is 0.983. The third-order valence-electron chi connectivity index (χ3n) is 3.30. The summed E-state index contributed by atoms with van der Waals surface area (Å²) in [5.74, 6) is 0.139. The molecule has 1 fully saturated rings. The number of aromatic nitrogens is 1. The SMILES string of the molecule is N[C@H]1CCc2nc(N3CC(S)CC3=O)sc2C1. The zero-order chi connectivity index (χ0) is 12.0. The Morgan fingerprint density at radius 1 is 1.47 bits per heavy atom. The average molecular weight is 269 g/mol. The first-order chi connectivity index (χ1) is 8.13. The second-order valence-electron chi connectivity index (χ2n) is 4.73. The first-order valence-electron chi connectivity index (χ1n) is 5.86. The Bertz CT molecular complexity index is 460. The van der Waals surface area contributed by atoms with Crippen molar-refractivity contribution in [2.45, 2.75) is 37.0 Å². The molecule has 6 heteroatoms. The Labute approximate surface area is 110 Å². The van der Waals surface area contributed by atoms with Gasteiger partial charge in [0.05, 0.1) is 5.69 Å². The van der Waals surface area contributed by atoms with Gasteiger partial charge >= 0.3 is 0 Å². The molecular formula is C11H15N3OS2. The summed E-state index contributed by atoms with van der Waals surface area (Å²) < 4.78 is 0. The van der Waals surface area contributed by atoms with Crippen molar-refractivity contribution < 1.29 is 4.79 Å². The van der Waals surface area contributed by atoms with Crippen LogP contribution < -0.4 is 10.6 Å². The second-order valence-corrected chi connectivity index (χ2v) is 6.52. The van der Waals surface area contributed by atoms with Gasteiger partial charge in [0, 0.05) is 29.1 Å². The summed E-state index contributed by atoms with van der Waals surface area (Å²) in [6, 6.07) is 0.253. The highest BCUT2D eigenvalue weighted by Gasteiger charge is 2.31. The number of thiazole rings is 1. The highest BCUT2D eigenvalue weighted by atomic mass is 32.1. The minimum absolute atomic E-state index is 0.139. The molecule has 0 saturated carbocycles. The van der Waals surface area contributed by atoms with Crippen molar-refractivity contribution in [2.24, 2.45) is 5.73 Å². The fourth-order valence-electron chi connectivity index (χ4n) is 2.38. The van der Waals surface area contributed by atoms with Gasteiger partial charge in [-0.15, -0.1) is 11.3 Å². The van der Waals surface area contributed by atoms with E-state index in [1.807, 2.05) is 0 Å². The molecule has 0 bridgehead atoms. The maximum absolute atomic E-state index is 11.8. The molecule has 1 aromatic heterocycles. The molecular weight excluding hydrogens is 254 g/mol. The van der Waals surface area contributed by atoms with Crippen LogP contribution in [-0.4, -0.2) is 28.7 Å². The standard InChI is InChI=1S/C11H15N3OS2/c12-6-1-2-8-9(3-6)17-11(13-8)14-5-7(16)4-10(14)15/h6-7,16H,1-5,12H2/t6-,7?/m0/s1. The van der Waals surface area contributed by atoms with Crippen LogP contribution in [0, 0.1) is 0 Å². The van der Waals surface area contributed by atoms with Gasteiger partial charge in [-0.1, -0.05) is 0 Å². The molecule has 1 amide bonds. The highest BCUT2D eigenvalue weighted by molar-refractivity contribution is 7.81. The quantitative estimate of drug-likeness (QED) is 0.748. The number of nitrogens with zero attached hydrogens (tertiary/aromatic N) is 2. The van der Waals surface area contributed by atoms with Crippen LogP contribution in [0.1, 0.15) is 23.4 Å². The van der Waals surface area contributed by atoms with Crippen LogP contribution in [0.15, 0.2) is 0 Å². The number of amides is 1. The van der Waals surface area contributed by atoms with E-state index in [1.165, 1.54) is 4.88 Å². The van der Waals surface area contributed by atoms with Crippen LogP contribution >= 0.6 is 24.0 Å². The number of nitrogens with two attached hydrogens (primary N) is 1. The Kier molecular flexibility index (Phi) is 2.88. The average Bonchev–Trinajstić information content (AvgIpc) is 2.80. The van der Waals surface area contributed by atoms with Crippen molar-refractivity contribution >= 4 is 35.0 Å². The Morgan fingerprint density at radius 3 is 3.00 bits per heavy atom. The van der Waals surface area contributed by atoms with E-state index in [1.54, 1.807) is 16.2 Å². The fourth-order valence-corrected chi connectivity index (χ4v) is 3.92. The molecule has 17 heavy (non-hydrogen) atoms. The van der Waals surface area contributed by atoms with E-state index in [0.29, 0.717) is 13.0 Å². The molecule has 1 aromatic rings. The summed E-state index contributed by atoms with van der Waals surface area (Å²) in [6.45, 7) is 0.681. The largest absolute Gasteiger partial charge is 0.327 e. The number of carbonyl (C=O) groups excluding carboxylic acids is 1. The number of hydrogen-bond donors (Lipinski definition) is 2. The van der Waals surface area contributed by atoms with E-state index < -0.39 is 0 Å². The summed E-state index contributed by atoms with van der Waals surface area (Å²) >= 11 is 5.98. The Balaban J connectivity index is 1.87. The van der Waals surface area contributed by atoms with Crippen LogP contribution in [0.3, 0.4) is 0 Å². The lowest BCUT2D eigenvalue weighted by atomic mass is 9.99. The fraction of sp³-hybridized carbons (Fsp3) is 0.636. The monoisotopic (exact) mass is 269 g/mol. The first kappa shape index (κ1) is 11.5. The summed E-state index contributed by atoms with van der Waals surface area (Å²) in [5.41, 5.74) is 7.09. The zero-order valence-corrected chi connectivity index (χ0v) is 11.1. The molecule has 0 aromatic carbocycles. The van der Waals surface area contributed by atoms with E-state index in [9.17, 15) is 4.79 Å². The maximum Gasteiger partial charge on any atom is 0.229 e. The minimum Gasteiger partial charge on any atom is -0.327 e. The molecule has 2 heterocycles. The van der Waals surface area contributed by atoms with E-state index in [-0.39, 0.29) is 17.2 Å². The van der Waals surface area contributed by atoms with Crippen molar-refractivity contribution in [3.63, 3.8) is 0 Å². The van der Waals surface area contributed by atoms with Crippen molar-refractivity contribution in [1.82, 2.24) is 4.98 Å². The molecule has 2 aliphatic rings. The smallest absolute Gasteiger partial charge is 0.229 e. The maximum atomic E-state index is 11.8. The van der Waals surface area contributed by atoms with Gasteiger partial charge in [-0.25, -0.2) is 4.98 Å². The molecule has 2 N–H and O–H groups in total. The lowest BCUT2D eigenvalue weighted by molar-refractivity contribution is -0.117. The number of fused-ring (bicyclic) bond motifs is 1. The van der Waals surface area contributed by atoms with E-state index in [2.05, 4.69) is 17.6 Å². The van der Waals surface area contributed by atoms with Gasteiger partial charge in [0.25, 0.3) is 0 Å². The lowest BCUT2D eigenvalue weighted by Crippen LogP contribution is -2.27. The summed E-state index contributed by atoms with van der Waals surface area (Å²) in [7, 11) is 0. The second kappa shape index (κ2) is 4.26. The molecule has 2 atom stereocenters. The van der Waals surface area contributed by atoms with Crippen LogP contribution in [0.25, 0.3) is 0 Å². The third-order valence-corrected chi connectivity index (χ3v) is 4.79. The van der Waals surface area contributed by atoms with E-state index in [4.69, 9.17) is 5.73 Å². The van der Waals surface area contributed by atoms with Gasteiger partial charge in [-0.05, 0) is 19.3 Å². The first-order valence-corrected chi connectivity index (χ1v) is 7.19. The summed E-state index contributed by atoms with van der Waals surface area (Å²) in [6.07, 6.45) is 3.37. The van der Waals surface area contributed by atoms with E-state index >= 15 is 0 Å². The van der Waals surface area contributed by atoms with Crippen LogP contribution in [-0.2, 0) is 17.6 Å². The molecule has 1 saturated heterocycles. The highest BCUT2D eigenvalue weighted by Crippen LogP contribution is 2.34. The van der Waals surface area contributed by atoms with Crippen molar-refractivity contribution in [2.75, 3.05) is 11.4 Å². The van der Waals surface area contributed by atoms with Gasteiger partial charge in [0.2, 0.25) is 5.91 Å². The third kappa shape index (κ3) is 2.09. The zero-order valence-electron chi connectivity index (χ0n) is 9.43. The molecule has 1 aliphatic carbocycles. The van der Waals surface area contributed by atoms with Gasteiger partial charge in [-0.2, -0.15) is 12.6 Å². The molecule has 0 radical (unpaired) electrons. The number of carbonyl (C=O) groups is 1. The number of thiol groups is 1. The molecule has 92 valence electrons. The topological polar surface area (TPSA) is 59.2 Å². The molecule has 3 rings (SSSR count). The van der Waals surface area contributed by atoms with Crippen LogP contribution in [0.4, 0.5) is 5.13 Å². The predicted octanol–water partition coefficient (Wildman–Crippen LogP) is 0.994. The van der Waals surface area contributed by atoms with Gasteiger partial charge < -0.3 is 5.73 Å². The Hall–Kier alpha value is -0.590. The number of aryl methyl sites for hydroxylation is 1. The lowest BCUT2D eigenvalue weighted by Gasteiger charge is -2.15. The number of hydrogen-bond acceptors (Lipinski definition) is 5. The molecule has 1 aliphatic heterocycles. The Morgan fingerprint density at radius 2 is 2.29 bits per heavy atom.